The second-order valence-corrected chi connectivity index (χ2v) is 4.59. The van der Waals surface area contributed by atoms with Crippen LogP contribution in [0, 0.1) is 13.8 Å². The lowest BCUT2D eigenvalue weighted by molar-refractivity contribution is 0.607. The average molecular weight is 198 g/mol. The van der Waals surface area contributed by atoms with Crippen LogP contribution in [0.2, 0.25) is 0 Å². The molecule has 1 N–H and O–H groups in total. The van der Waals surface area contributed by atoms with Crippen LogP contribution in [0.25, 0.3) is 0 Å². The Morgan fingerprint density at radius 2 is 2.15 bits per heavy atom. The summed E-state index contributed by atoms with van der Waals surface area (Å²) in [5.41, 5.74) is 1.19. The van der Waals surface area contributed by atoms with Crippen LogP contribution >= 0.6 is 11.3 Å². The Labute approximate surface area is 84.4 Å². The minimum absolute atomic E-state index is 0.586. The van der Waals surface area contributed by atoms with Gasteiger partial charge in [0, 0.05) is 17.3 Å². The largest absolute Gasteiger partial charge is 0.319 e. The molecule has 1 atom stereocenters. The smallest absolute Gasteiger partial charge is 0.0974 e. The van der Waals surface area contributed by atoms with Crippen molar-refractivity contribution in [3.63, 3.8) is 0 Å². The molecule has 0 aliphatic carbocycles. The maximum atomic E-state index is 4.58. The van der Waals surface area contributed by atoms with Crippen molar-refractivity contribution in [1.29, 1.82) is 0 Å². The lowest BCUT2D eigenvalue weighted by Crippen LogP contribution is -2.16. The Morgan fingerprint density at radius 3 is 2.54 bits per heavy atom. The summed E-state index contributed by atoms with van der Waals surface area (Å²) >= 11 is 1.84. The summed E-state index contributed by atoms with van der Waals surface area (Å²) in [6.45, 7) is 7.47. The van der Waals surface area contributed by atoms with Crippen molar-refractivity contribution < 1.29 is 0 Å². The molecule has 2 nitrogen and oxygen atoms in total. The lowest BCUT2D eigenvalue weighted by atomic mass is 10.1. The van der Waals surface area contributed by atoms with Crippen molar-refractivity contribution in [2.24, 2.45) is 0 Å². The molecule has 74 valence electrons. The number of nitrogens with zero attached hydrogens (tertiary/aromatic N) is 1. The summed E-state index contributed by atoms with van der Waals surface area (Å²) in [7, 11) is 2.00. The number of nitrogens with one attached hydrogen (secondary N) is 1. The highest BCUT2D eigenvalue weighted by Gasteiger charge is 2.13. The molecule has 1 heterocycles. The van der Waals surface area contributed by atoms with Crippen molar-refractivity contribution in [2.45, 2.75) is 33.1 Å². The van der Waals surface area contributed by atoms with Crippen LogP contribution < -0.4 is 5.32 Å². The summed E-state index contributed by atoms with van der Waals surface area (Å²) in [5.74, 6) is 0.586. The predicted octanol–water partition coefficient (Wildman–Crippen LogP) is 2.47. The number of hydrogen-bond donors (Lipinski definition) is 1. The number of aromatic nitrogens is 1. The topological polar surface area (TPSA) is 24.9 Å². The van der Waals surface area contributed by atoms with E-state index in [0.717, 1.165) is 13.0 Å². The molecule has 1 aromatic heterocycles. The van der Waals surface area contributed by atoms with Crippen LogP contribution in [-0.4, -0.2) is 18.6 Å². The van der Waals surface area contributed by atoms with Gasteiger partial charge < -0.3 is 5.32 Å². The van der Waals surface area contributed by atoms with Crippen molar-refractivity contribution in [1.82, 2.24) is 10.3 Å². The maximum absolute atomic E-state index is 4.58. The zero-order valence-corrected chi connectivity index (χ0v) is 9.66. The van der Waals surface area contributed by atoms with Gasteiger partial charge in [-0.25, -0.2) is 4.98 Å². The summed E-state index contributed by atoms with van der Waals surface area (Å²) in [4.78, 5) is 5.93. The molecule has 0 aliphatic rings. The predicted molar refractivity (Wildman–Crippen MR) is 58.5 cm³/mol. The van der Waals surface area contributed by atoms with E-state index in [-0.39, 0.29) is 0 Å². The van der Waals surface area contributed by atoms with Crippen LogP contribution in [0.15, 0.2) is 0 Å². The van der Waals surface area contributed by atoms with Crippen LogP contribution in [-0.2, 0) is 0 Å². The van der Waals surface area contributed by atoms with E-state index in [1.807, 2.05) is 18.4 Å². The van der Waals surface area contributed by atoms with Gasteiger partial charge in [0.25, 0.3) is 0 Å². The fourth-order valence-electron chi connectivity index (χ4n) is 1.32. The normalized spacial score (nSPS) is 13.2. The van der Waals surface area contributed by atoms with Gasteiger partial charge in [-0.15, -0.1) is 11.3 Å². The standard InChI is InChI=1S/C10H18N2S/c1-5-9(6-11-4)10-12-7(2)8(3)13-10/h9,11H,5-6H2,1-4H3. The van der Waals surface area contributed by atoms with Crippen molar-refractivity contribution >= 4 is 11.3 Å². The average Bonchev–Trinajstić information content (AvgIpc) is 2.43. The Hall–Kier alpha value is -0.410. The summed E-state index contributed by atoms with van der Waals surface area (Å²) in [6.07, 6.45) is 1.16. The lowest BCUT2D eigenvalue weighted by Gasteiger charge is -2.09. The molecule has 1 rings (SSSR count). The first-order valence-electron chi connectivity index (χ1n) is 4.77. The van der Waals surface area contributed by atoms with Crippen LogP contribution in [0.5, 0.6) is 0 Å². The van der Waals surface area contributed by atoms with Gasteiger partial charge in [0.2, 0.25) is 0 Å². The third kappa shape index (κ3) is 2.51. The van der Waals surface area contributed by atoms with Crippen molar-refractivity contribution in [2.75, 3.05) is 13.6 Å². The van der Waals surface area contributed by atoms with Gasteiger partial charge in [-0.3, -0.25) is 0 Å². The Morgan fingerprint density at radius 1 is 1.46 bits per heavy atom. The Balaban J connectivity index is 2.78. The van der Waals surface area contributed by atoms with E-state index in [2.05, 4.69) is 31.1 Å². The van der Waals surface area contributed by atoms with Crippen molar-refractivity contribution in [3.8, 4) is 0 Å². The highest BCUT2D eigenvalue weighted by atomic mass is 32.1. The summed E-state index contributed by atoms with van der Waals surface area (Å²) in [5, 5.41) is 4.50. The molecule has 0 fully saturated rings. The molecule has 0 saturated heterocycles. The molecule has 0 amide bonds. The third-order valence-electron chi connectivity index (χ3n) is 2.34. The molecule has 3 heteroatoms. The van der Waals surface area contributed by atoms with E-state index in [1.165, 1.54) is 15.6 Å². The molecule has 1 unspecified atom stereocenters. The SMILES string of the molecule is CCC(CNC)c1nc(C)c(C)s1. The minimum atomic E-state index is 0.586. The van der Waals surface area contributed by atoms with Crippen LogP contribution in [0.1, 0.15) is 34.8 Å². The van der Waals surface area contributed by atoms with Crippen LogP contribution in [0.4, 0.5) is 0 Å². The number of likely N-dealkylation sites (N-methyl/N-ethyl adjacent to an activating group) is 1. The molecule has 1 aromatic rings. The summed E-state index contributed by atoms with van der Waals surface area (Å²) < 4.78 is 0. The number of aryl methyl sites for hydroxylation is 2. The van der Waals surface area contributed by atoms with Gasteiger partial charge in [0.05, 0.1) is 10.7 Å². The zero-order chi connectivity index (χ0) is 9.84. The zero-order valence-electron chi connectivity index (χ0n) is 8.85. The van der Waals surface area contributed by atoms with E-state index in [1.54, 1.807) is 0 Å². The fraction of sp³-hybridized carbons (Fsp3) is 0.700. The van der Waals surface area contributed by atoms with Gasteiger partial charge in [0.15, 0.2) is 0 Å². The van der Waals surface area contributed by atoms with Gasteiger partial charge >= 0.3 is 0 Å². The molecular formula is C10H18N2S. The molecule has 13 heavy (non-hydrogen) atoms. The number of thiazole rings is 1. The van der Waals surface area contributed by atoms with Gasteiger partial charge in [0.1, 0.15) is 0 Å². The highest BCUT2D eigenvalue weighted by Crippen LogP contribution is 2.25. The third-order valence-corrected chi connectivity index (χ3v) is 3.57. The second kappa shape index (κ2) is 4.72. The van der Waals surface area contributed by atoms with Gasteiger partial charge in [-0.2, -0.15) is 0 Å². The maximum Gasteiger partial charge on any atom is 0.0974 e. The van der Waals surface area contributed by atoms with E-state index in [0.29, 0.717) is 5.92 Å². The molecule has 0 saturated carbocycles. The number of rotatable bonds is 4. The monoisotopic (exact) mass is 198 g/mol. The van der Waals surface area contributed by atoms with Crippen LogP contribution in [0.3, 0.4) is 0 Å². The first-order chi connectivity index (χ1) is 6.19. The highest BCUT2D eigenvalue weighted by molar-refractivity contribution is 7.11. The molecular weight excluding hydrogens is 180 g/mol. The number of hydrogen-bond acceptors (Lipinski definition) is 3. The van der Waals surface area contributed by atoms with E-state index >= 15 is 0 Å². The van der Waals surface area contributed by atoms with E-state index in [4.69, 9.17) is 0 Å². The fourth-order valence-corrected chi connectivity index (χ4v) is 2.43. The molecule has 0 aliphatic heterocycles. The van der Waals surface area contributed by atoms with Gasteiger partial charge in [-0.1, -0.05) is 6.92 Å². The first-order valence-corrected chi connectivity index (χ1v) is 5.59. The second-order valence-electron chi connectivity index (χ2n) is 3.36. The Bertz CT molecular complexity index is 248. The Kier molecular flexibility index (Phi) is 3.88. The molecule has 0 spiro atoms. The molecule has 0 bridgehead atoms. The molecule has 0 aromatic carbocycles. The van der Waals surface area contributed by atoms with Crippen molar-refractivity contribution in [3.05, 3.63) is 15.6 Å². The minimum Gasteiger partial charge on any atom is -0.319 e. The summed E-state index contributed by atoms with van der Waals surface area (Å²) in [6, 6.07) is 0. The van der Waals surface area contributed by atoms with Gasteiger partial charge in [-0.05, 0) is 27.3 Å². The van der Waals surface area contributed by atoms with E-state index < -0.39 is 0 Å². The quantitative estimate of drug-likeness (QED) is 0.804. The van der Waals surface area contributed by atoms with E-state index in [9.17, 15) is 0 Å². The molecule has 0 radical (unpaired) electrons. The first kappa shape index (κ1) is 10.7.